The van der Waals surface area contributed by atoms with Crippen LogP contribution in [-0.4, -0.2) is 11.9 Å². The molecular weight excluding hydrogens is 567 g/mol. The van der Waals surface area contributed by atoms with Crippen LogP contribution in [0.25, 0.3) is 0 Å². The van der Waals surface area contributed by atoms with Gasteiger partial charge >= 0.3 is 6.85 Å². The molecule has 0 radical (unpaired) electrons. The summed E-state index contributed by atoms with van der Waals surface area (Å²) in [6, 6.07) is 40.9. The molecule has 7 rings (SSSR count). The van der Waals surface area contributed by atoms with Crippen molar-refractivity contribution in [3.8, 4) is 11.5 Å². The maximum absolute atomic E-state index is 6.86. The highest BCUT2D eigenvalue weighted by atomic mass is 32.2. The van der Waals surface area contributed by atoms with Crippen LogP contribution in [0, 0.1) is 6.92 Å². The van der Waals surface area contributed by atoms with E-state index in [1.807, 2.05) is 37.3 Å². The molecule has 5 aromatic rings. The van der Waals surface area contributed by atoms with Gasteiger partial charge in [-0.25, -0.2) is 0 Å². The van der Waals surface area contributed by atoms with Crippen molar-refractivity contribution in [2.24, 2.45) is 4.90 Å². The summed E-state index contributed by atoms with van der Waals surface area (Å²) in [6.45, 7) is 8.54. The molecule has 220 valence electrons. The number of para-hydroxylation sites is 3. The zero-order valence-electron chi connectivity index (χ0n) is 26.1. The number of ether oxygens (including phenoxy) is 1. The highest BCUT2D eigenvalue weighted by molar-refractivity contribution is 8.14. The Bertz CT molecular complexity index is 1940. The van der Waals surface area contributed by atoms with Gasteiger partial charge in [-0.05, 0) is 77.9 Å². The summed E-state index contributed by atoms with van der Waals surface area (Å²) in [5.74, 6) is 1.64. The predicted octanol–water partition coefficient (Wildman–Crippen LogP) is 9.64. The average Bonchev–Trinajstić information content (AvgIpc) is 3.06. The second kappa shape index (κ2) is 12.0. The maximum Gasteiger partial charge on any atom is 0.350 e. The minimum absolute atomic E-state index is 0.126. The van der Waals surface area contributed by atoms with E-state index in [0.717, 1.165) is 33.3 Å². The van der Waals surface area contributed by atoms with E-state index in [4.69, 9.17) is 9.64 Å². The SMILES string of the molecule is C/C=C\C=C/C1=NB(c2ccc(N3c4ccccc4C(C)(C)c4ccccc43)cc2Oc2ccccc2C)c2ccccc2S1. The molecule has 3 nitrogen and oxygen atoms in total. The molecular formula is C40H35BN2OS. The van der Waals surface area contributed by atoms with Crippen molar-refractivity contribution in [1.82, 2.24) is 0 Å². The topological polar surface area (TPSA) is 24.8 Å². The van der Waals surface area contributed by atoms with Crippen LogP contribution in [-0.2, 0) is 5.41 Å². The average molecular weight is 603 g/mol. The molecule has 0 aliphatic carbocycles. The molecule has 0 saturated heterocycles. The lowest BCUT2D eigenvalue weighted by Crippen LogP contribution is -2.45. The van der Waals surface area contributed by atoms with Gasteiger partial charge in [-0.1, -0.05) is 123 Å². The lowest BCUT2D eigenvalue weighted by atomic mass is 9.51. The lowest BCUT2D eigenvalue weighted by molar-refractivity contribution is 0.482. The number of fused-ring (bicyclic) bond motifs is 3. The maximum atomic E-state index is 6.86. The largest absolute Gasteiger partial charge is 0.457 e. The number of hydrogen-bond acceptors (Lipinski definition) is 4. The number of thioether (sulfide) groups is 1. The van der Waals surface area contributed by atoms with E-state index in [1.165, 1.54) is 32.9 Å². The standard InChI is InChI=1S/C40H35BN2OS/c1-5-6-7-24-39-42-41(33-19-11-15-23-38(33)45-39)32-26-25-29(27-37(32)44-36-22-14-8-16-28(36)2)43-34-20-12-9-17-30(34)40(3,4)31-18-10-13-21-35(31)43/h5-27H,1-4H3/b6-5-,24-7-. The molecule has 45 heavy (non-hydrogen) atoms. The monoisotopic (exact) mass is 602 g/mol. The smallest absolute Gasteiger partial charge is 0.350 e. The van der Waals surface area contributed by atoms with Crippen LogP contribution in [0.3, 0.4) is 0 Å². The molecule has 0 unspecified atom stereocenters. The lowest BCUT2D eigenvalue weighted by Gasteiger charge is -2.42. The normalized spacial score (nSPS) is 15.1. The van der Waals surface area contributed by atoms with Gasteiger partial charge < -0.3 is 14.5 Å². The van der Waals surface area contributed by atoms with Crippen LogP contribution >= 0.6 is 11.8 Å². The van der Waals surface area contributed by atoms with Crippen molar-refractivity contribution >= 4 is 51.6 Å². The van der Waals surface area contributed by atoms with Gasteiger partial charge in [-0.3, -0.25) is 0 Å². The predicted molar refractivity (Wildman–Crippen MR) is 193 cm³/mol. The third-order valence-electron chi connectivity index (χ3n) is 8.73. The van der Waals surface area contributed by atoms with E-state index in [9.17, 15) is 0 Å². The van der Waals surface area contributed by atoms with Crippen molar-refractivity contribution in [3.05, 3.63) is 156 Å². The Morgan fingerprint density at radius 3 is 2.13 bits per heavy atom. The Kier molecular flexibility index (Phi) is 7.72. The highest BCUT2D eigenvalue weighted by Crippen LogP contribution is 2.51. The second-order valence-electron chi connectivity index (χ2n) is 12.0. The van der Waals surface area contributed by atoms with Crippen LogP contribution < -0.4 is 20.6 Å². The molecule has 2 heterocycles. The van der Waals surface area contributed by atoms with Crippen molar-refractivity contribution in [2.45, 2.75) is 38.0 Å². The van der Waals surface area contributed by atoms with Crippen LogP contribution in [0.5, 0.6) is 11.5 Å². The van der Waals surface area contributed by atoms with E-state index in [0.29, 0.717) is 0 Å². The number of hydrogen-bond donors (Lipinski definition) is 0. The Labute approximate surface area is 271 Å². The molecule has 5 aromatic carbocycles. The molecule has 0 bridgehead atoms. The molecule has 0 amide bonds. The summed E-state index contributed by atoms with van der Waals surface area (Å²) in [5, 5.41) is 0.976. The van der Waals surface area contributed by atoms with Crippen molar-refractivity contribution < 1.29 is 4.74 Å². The van der Waals surface area contributed by atoms with Crippen molar-refractivity contribution in [3.63, 3.8) is 0 Å². The fourth-order valence-electron chi connectivity index (χ4n) is 6.41. The first-order valence-corrected chi connectivity index (χ1v) is 16.3. The molecule has 5 heteroatoms. The number of anilines is 3. The van der Waals surface area contributed by atoms with Gasteiger partial charge in [0, 0.05) is 22.1 Å². The Morgan fingerprint density at radius 2 is 1.40 bits per heavy atom. The van der Waals surface area contributed by atoms with Gasteiger partial charge in [0.15, 0.2) is 0 Å². The quantitative estimate of drug-likeness (QED) is 0.143. The third-order valence-corrected chi connectivity index (χ3v) is 9.77. The van der Waals surface area contributed by atoms with Crippen LogP contribution in [0.2, 0.25) is 0 Å². The first-order chi connectivity index (χ1) is 22.0. The molecule has 2 aliphatic heterocycles. The molecule has 0 fully saturated rings. The third kappa shape index (κ3) is 5.32. The first-order valence-electron chi connectivity index (χ1n) is 15.5. The zero-order chi connectivity index (χ0) is 31.0. The van der Waals surface area contributed by atoms with E-state index in [2.05, 4.69) is 135 Å². The molecule has 0 N–H and O–H groups in total. The van der Waals surface area contributed by atoms with E-state index < -0.39 is 0 Å². The van der Waals surface area contributed by atoms with E-state index in [1.54, 1.807) is 11.8 Å². The van der Waals surface area contributed by atoms with Gasteiger partial charge in [-0.2, -0.15) is 0 Å². The number of allylic oxidation sites excluding steroid dienone is 3. The molecule has 0 aromatic heterocycles. The Morgan fingerprint density at radius 1 is 0.733 bits per heavy atom. The van der Waals surface area contributed by atoms with Crippen LogP contribution in [0.15, 0.2) is 149 Å². The van der Waals surface area contributed by atoms with Crippen molar-refractivity contribution in [2.75, 3.05) is 4.90 Å². The summed E-state index contributed by atoms with van der Waals surface area (Å²) < 4.78 is 6.86. The summed E-state index contributed by atoms with van der Waals surface area (Å²) in [4.78, 5) is 8.88. The minimum Gasteiger partial charge on any atom is -0.457 e. The fourth-order valence-corrected chi connectivity index (χ4v) is 7.39. The summed E-state index contributed by atoms with van der Waals surface area (Å²) in [6.07, 6.45) is 8.21. The molecule has 0 saturated carbocycles. The number of nitrogens with zero attached hydrogens (tertiary/aromatic N) is 2. The summed E-state index contributed by atoms with van der Waals surface area (Å²) >= 11 is 1.71. The van der Waals surface area contributed by atoms with Crippen LogP contribution in [0.1, 0.15) is 37.5 Å². The van der Waals surface area contributed by atoms with Gasteiger partial charge in [-0.15, -0.1) is 0 Å². The minimum atomic E-state index is -0.208. The molecule has 2 aliphatic rings. The van der Waals surface area contributed by atoms with E-state index >= 15 is 0 Å². The first kappa shape index (κ1) is 29.0. The Hall–Kier alpha value is -4.74. The molecule has 0 atom stereocenters. The van der Waals surface area contributed by atoms with E-state index in [-0.39, 0.29) is 12.3 Å². The number of rotatable bonds is 6. The fraction of sp³-hybridized carbons (Fsp3) is 0.125. The summed E-state index contributed by atoms with van der Waals surface area (Å²) in [7, 11) is 0. The zero-order valence-corrected chi connectivity index (χ0v) is 26.9. The van der Waals surface area contributed by atoms with Gasteiger partial charge in [0.05, 0.1) is 16.4 Å². The van der Waals surface area contributed by atoms with Gasteiger partial charge in [0.25, 0.3) is 0 Å². The van der Waals surface area contributed by atoms with Crippen molar-refractivity contribution in [1.29, 1.82) is 0 Å². The summed E-state index contributed by atoms with van der Waals surface area (Å²) in [5.41, 5.74) is 9.20. The Balaban J connectivity index is 1.43. The second-order valence-corrected chi connectivity index (χ2v) is 13.0. The number of aryl methyl sites for hydroxylation is 1. The van der Waals surface area contributed by atoms with Gasteiger partial charge in [0.1, 0.15) is 11.5 Å². The molecule has 0 spiro atoms. The van der Waals surface area contributed by atoms with Crippen LogP contribution in [0.4, 0.5) is 17.1 Å². The van der Waals surface area contributed by atoms with Gasteiger partial charge in [0.2, 0.25) is 0 Å². The highest BCUT2D eigenvalue weighted by Gasteiger charge is 2.37. The number of benzene rings is 5.